The first kappa shape index (κ1) is 13.2. The van der Waals surface area contributed by atoms with Crippen LogP contribution in [0.5, 0.6) is 0 Å². The molecule has 1 amide bonds. The van der Waals surface area contributed by atoms with Crippen LogP contribution in [0.3, 0.4) is 0 Å². The molecular formula is C16H21N3O. The fourth-order valence-electron chi connectivity index (χ4n) is 2.72. The van der Waals surface area contributed by atoms with E-state index in [-0.39, 0.29) is 11.9 Å². The van der Waals surface area contributed by atoms with Crippen molar-refractivity contribution in [2.75, 3.05) is 0 Å². The molecule has 1 unspecified atom stereocenters. The summed E-state index contributed by atoms with van der Waals surface area (Å²) < 4.78 is 2.29. The summed E-state index contributed by atoms with van der Waals surface area (Å²) in [6, 6.07) is 6.05. The first-order valence-corrected chi connectivity index (χ1v) is 7.49. The van der Waals surface area contributed by atoms with Gasteiger partial charge in [0.15, 0.2) is 0 Å². The standard InChI is InChI=1S/C16H21N3O/c1-3-11(2)17-16(20)12-7-8-14-13(10-12)18-15-6-4-5-9-19(14)15/h7-8,10-11H,3-6,9H2,1-2H3,(H,17,20). The molecule has 1 aromatic carbocycles. The molecule has 4 nitrogen and oxygen atoms in total. The van der Waals surface area contributed by atoms with Crippen molar-refractivity contribution in [3.05, 3.63) is 29.6 Å². The lowest BCUT2D eigenvalue weighted by Crippen LogP contribution is -2.31. The monoisotopic (exact) mass is 271 g/mol. The van der Waals surface area contributed by atoms with E-state index in [1.807, 2.05) is 25.1 Å². The average Bonchev–Trinajstić information content (AvgIpc) is 2.84. The van der Waals surface area contributed by atoms with Crippen LogP contribution >= 0.6 is 0 Å². The largest absolute Gasteiger partial charge is 0.350 e. The second-order valence-electron chi connectivity index (χ2n) is 5.62. The van der Waals surface area contributed by atoms with Crippen molar-refractivity contribution in [2.45, 2.75) is 52.1 Å². The molecule has 0 radical (unpaired) electrons. The molecule has 1 N–H and O–H groups in total. The number of rotatable bonds is 3. The van der Waals surface area contributed by atoms with Crippen LogP contribution in [0.1, 0.15) is 49.3 Å². The first-order chi connectivity index (χ1) is 9.69. The smallest absolute Gasteiger partial charge is 0.251 e. The summed E-state index contributed by atoms with van der Waals surface area (Å²) in [6.45, 7) is 5.13. The molecule has 4 heteroatoms. The Balaban J connectivity index is 1.93. The number of aryl methyl sites for hydroxylation is 2. The second kappa shape index (κ2) is 5.27. The maximum absolute atomic E-state index is 12.2. The molecule has 2 heterocycles. The van der Waals surface area contributed by atoms with Crippen LogP contribution in [0.4, 0.5) is 0 Å². The summed E-state index contributed by atoms with van der Waals surface area (Å²) >= 11 is 0. The number of nitrogens with zero attached hydrogens (tertiary/aromatic N) is 2. The number of fused-ring (bicyclic) bond motifs is 3. The van der Waals surface area contributed by atoms with Gasteiger partial charge in [-0.25, -0.2) is 4.98 Å². The predicted octanol–water partition coefficient (Wildman–Crippen LogP) is 2.90. The Labute approximate surface area is 119 Å². The summed E-state index contributed by atoms with van der Waals surface area (Å²) in [5.74, 6) is 1.15. The number of hydrogen-bond donors (Lipinski definition) is 1. The lowest BCUT2D eigenvalue weighted by atomic mass is 10.1. The predicted molar refractivity (Wildman–Crippen MR) is 79.9 cm³/mol. The minimum Gasteiger partial charge on any atom is -0.350 e. The molecule has 1 aliphatic rings. The lowest BCUT2D eigenvalue weighted by molar-refractivity contribution is 0.0939. The zero-order valence-corrected chi connectivity index (χ0v) is 12.1. The van der Waals surface area contributed by atoms with E-state index in [4.69, 9.17) is 0 Å². The van der Waals surface area contributed by atoms with E-state index in [1.165, 1.54) is 12.8 Å². The van der Waals surface area contributed by atoms with Gasteiger partial charge in [0.1, 0.15) is 5.82 Å². The van der Waals surface area contributed by atoms with E-state index in [0.29, 0.717) is 5.56 Å². The highest BCUT2D eigenvalue weighted by atomic mass is 16.1. The molecule has 0 aliphatic carbocycles. The van der Waals surface area contributed by atoms with Crippen molar-refractivity contribution >= 4 is 16.9 Å². The average molecular weight is 271 g/mol. The quantitative estimate of drug-likeness (QED) is 0.933. The fraction of sp³-hybridized carbons (Fsp3) is 0.500. The van der Waals surface area contributed by atoms with Gasteiger partial charge in [-0.2, -0.15) is 0 Å². The van der Waals surface area contributed by atoms with Gasteiger partial charge in [0.25, 0.3) is 5.91 Å². The number of benzene rings is 1. The number of hydrogen-bond acceptors (Lipinski definition) is 2. The summed E-state index contributed by atoms with van der Waals surface area (Å²) in [6.07, 6.45) is 4.41. The summed E-state index contributed by atoms with van der Waals surface area (Å²) in [4.78, 5) is 16.8. The number of nitrogens with one attached hydrogen (secondary N) is 1. The molecular weight excluding hydrogens is 250 g/mol. The minimum absolute atomic E-state index is 0.00720. The number of imidazole rings is 1. The third-order valence-electron chi connectivity index (χ3n) is 4.11. The third kappa shape index (κ3) is 2.30. The zero-order chi connectivity index (χ0) is 14.1. The Kier molecular flexibility index (Phi) is 3.47. The van der Waals surface area contributed by atoms with Crippen molar-refractivity contribution in [1.82, 2.24) is 14.9 Å². The number of aromatic nitrogens is 2. The van der Waals surface area contributed by atoms with Crippen LogP contribution in [0.25, 0.3) is 11.0 Å². The molecule has 20 heavy (non-hydrogen) atoms. The topological polar surface area (TPSA) is 46.9 Å². The van der Waals surface area contributed by atoms with Crippen molar-refractivity contribution in [3.8, 4) is 0 Å². The summed E-state index contributed by atoms with van der Waals surface area (Å²) in [7, 11) is 0. The normalized spacial score (nSPS) is 15.9. The van der Waals surface area contributed by atoms with Crippen molar-refractivity contribution < 1.29 is 4.79 Å². The van der Waals surface area contributed by atoms with Gasteiger partial charge in [0.2, 0.25) is 0 Å². The van der Waals surface area contributed by atoms with Crippen LogP contribution in [0.2, 0.25) is 0 Å². The van der Waals surface area contributed by atoms with Crippen LogP contribution < -0.4 is 5.32 Å². The highest BCUT2D eigenvalue weighted by Crippen LogP contribution is 2.23. The Hall–Kier alpha value is -1.84. The molecule has 106 valence electrons. The molecule has 0 bridgehead atoms. The third-order valence-corrected chi connectivity index (χ3v) is 4.11. The van der Waals surface area contributed by atoms with Gasteiger partial charge in [-0.1, -0.05) is 6.92 Å². The Bertz CT molecular complexity index is 644. The fourth-order valence-corrected chi connectivity index (χ4v) is 2.72. The zero-order valence-electron chi connectivity index (χ0n) is 12.1. The van der Waals surface area contributed by atoms with Gasteiger partial charge >= 0.3 is 0 Å². The maximum Gasteiger partial charge on any atom is 0.251 e. The number of carbonyl (C=O) groups is 1. The molecule has 0 spiro atoms. The molecule has 3 rings (SSSR count). The lowest BCUT2D eigenvalue weighted by Gasteiger charge is -2.14. The van der Waals surface area contributed by atoms with Gasteiger partial charge in [-0.15, -0.1) is 0 Å². The van der Waals surface area contributed by atoms with Crippen LogP contribution in [0, 0.1) is 0 Å². The van der Waals surface area contributed by atoms with Crippen molar-refractivity contribution in [2.24, 2.45) is 0 Å². The summed E-state index contributed by atoms with van der Waals surface area (Å²) in [5.41, 5.74) is 2.80. The molecule has 0 saturated carbocycles. The van der Waals surface area contributed by atoms with Crippen LogP contribution in [-0.2, 0) is 13.0 Å². The van der Waals surface area contributed by atoms with Crippen molar-refractivity contribution in [3.63, 3.8) is 0 Å². The van der Waals surface area contributed by atoms with E-state index in [1.54, 1.807) is 0 Å². The van der Waals surface area contributed by atoms with E-state index >= 15 is 0 Å². The van der Waals surface area contributed by atoms with E-state index in [2.05, 4.69) is 21.8 Å². The highest BCUT2D eigenvalue weighted by molar-refractivity contribution is 5.97. The first-order valence-electron chi connectivity index (χ1n) is 7.49. The Morgan fingerprint density at radius 1 is 1.45 bits per heavy atom. The van der Waals surface area contributed by atoms with E-state index in [9.17, 15) is 4.79 Å². The van der Waals surface area contributed by atoms with Gasteiger partial charge in [-0.05, 0) is 44.4 Å². The van der Waals surface area contributed by atoms with E-state index < -0.39 is 0 Å². The molecule has 2 aromatic rings. The number of carbonyl (C=O) groups excluding carboxylic acids is 1. The van der Waals surface area contributed by atoms with Crippen LogP contribution in [-0.4, -0.2) is 21.5 Å². The second-order valence-corrected chi connectivity index (χ2v) is 5.62. The SMILES string of the molecule is CCC(C)NC(=O)c1ccc2c(c1)nc1n2CCCC1. The van der Waals surface area contributed by atoms with Gasteiger partial charge in [0.05, 0.1) is 11.0 Å². The minimum atomic E-state index is -0.00720. The Morgan fingerprint density at radius 3 is 3.10 bits per heavy atom. The molecule has 0 saturated heterocycles. The molecule has 1 aromatic heterocycles. The van der Waals surface area contributed by atoms with Crippen LogP contribution in [0.15, 0.2) is 18.2 Å². The number of amides is 1. The van der Waals surface area contributed by atoms with E-state index in [0.717, 1.165) is 36.2 Å². The summed E-state index contributed by atoms with van der Waals surface area (Å²) in [5, 5.41) is 3.00. The van der Waals surface area contributed by atoms with Gasteiger partial charge in [0, 0.05) is 24.6 Å². The molecule has 0 fully saturated rings. The van der Waals surface area contributed by atoms with Gasteiger partial charge in [-0.3, -0.25) is 4.79 Å². The molecule has 1 atom stereocenters. The van der Waals surface area contributed by atoms with Gasteiger partial charge < -0.3 is 9.88 Å². The van der Waals surface area contributed by atoms with Crippen molar-refractivity contribution in [1.29, 1.82) is 0 Å². The highest BCUT2D eigenvalue weighted by Gasteiger charge is 2.16. The molecule has 1 aliphatic heterocycles. The maximum atomic E-state index is 12.2. The Morgan fingerprint density at radius 2 is 2.30 bits per heavy atom.